The summed E-state index contributed by atoms with van der Waals surface area (Å²) in [4.78, 5) is 22.0. The van der Waals surface area contributed by atoms with Crippen molar-refractivity contribution in [3.8, 4) is 11.6 Å². The molecule has 1 aromatic carbocycles. The smallest absolute Gasteiger partial charge is 0.288 e. The maximum Gasteiger partial charge on any atom is 0.288 e. The van der Waals surface area contributed by atoms with E-state index in [0.717, 1.165) is 46.4 Å². The zero-order chi connectivity index (χ0) is 27.4. The summed E-state index contributed by atoms with van der Waals surface area (Å²) in [6.45, 7) is 15.2. The van der Waals surface area contributed by atoms with Gasteiger partial charge in [-0.2, -0.15) is 5.10 Å². The van der Waals surface area contributed by atoms with Crippen LogP contribution in [-0.4, -0.2) is 25.7 Å². The number of carbonyl (C=O) groups excluding carboxylic acids is 1. The van der Waals surface area contributed by atoms with Crippen LogP contribution in [0.3, 0.4) is 0 Å². The van der Waals surface area contributed by atoms with Gasteiger partial charge in [0.15, 0.2) is 5.65 Å². The molecule has 3 heterocycles. The fourth-order valence-electron chi connectivity index (χ4n) is 5.43. The number of benzene rings is 1. The molecule has 8 nitrogen and oxygen atoms in total. The van der Waals surface area contributed by atoms with Gasteiger partial charge in [-0.1, -0.05) is 39.8 Å². The Labute approximate surface area is 223 Å². The number of hydrogen-bond donors (Lipinski definition) is 2. The average Bonchev–Trinajstić information content (AvgIpc) is 3.15. The average molecular weight is 513 g/mol. The van der Waals surface area contributed by atoms with Gasteiger partial charge < -0.3 is 4.74 Å². The largest absolute Gasteiger partial charge is 0.439 e. The molecule has 0 radical (unpaired) electrons. The molecule has 0 saturated heterocycles. The van der Waals surface area contributed by atoms with Crippen LogP contribution in [0.5, 0.6) is 11.6 Å². The van der Waals surface area contributed by atoms with Gasteiger partial charge in [-0.25, -0.2) is 9.97 Å². The summed E-state index contributed by atoms with van der Waals surface area (Å²) in [7, 11) is 1.85. The monoisotopic (exact) mass is 512 g/mol. The topological polar surface area (TPSA) is 94.0 Å². The molecule has 0 unspecified atom stereocenters. The first kappa shape index (κ1) is 25.7. The van der Waals surface area contributed by atoms with E-state index in [1.165, 1.54) is 11.1 Å². The molecule has 2 N–H and O–H groups in total. The third-order valence-corrected chi connectivity index (χ3v) is 7.79. The van der Waals surface area contributed by atoms with E-state index >= 15 is 0 Å². The number of nitrogens with one attached hydrogen (secondary N) is 2. The zero-order valence-corrected chi connectivity index (χ0v) is 23.5. The summed E-state index contributed by atoms with van der Waals surface area (Å²) in [5.41, 5.74) is 12.5. The molecule has 1 aliphatic carbocycles. The second kappa shape index (κ2) is 9.11. The summed E-state index contributed by atoms with van der Waals surface area (Å²) < 4.78 is 7.97. The lowest BCUT2D eigenvalue weighted by molar-refractivity contribution is 0.0957. The Bertz CT molecular complexity index is 1570. The van der Waals surface area contributed by atoms with E-state index in [0.29, 0.717) is 11.7 Å². The number of anilines is 1. The Morgan fingerprint density at radius 1 is 0.947 bits per heavy atom. The third kappa shape index (κ3) is 4.59. The standard InChI is InChI=1S/C30H36N6O2/c1-17-14-20-21(30(6,7)13-12-29(20,4)5)16-23(17)38-25-11-9-10-22(31-25)28(37)34-33-24-15-18(2)26-19(3)35-36(8)27(26)32-24/h9-11,14-16H,12-13H2,1-8H3,(H,32,33)(H,34,37). The van der Waals surface area contributed by atoms with Crippen molar-refractivity contribution in [1.29, 1.82) is 0 Å². The number of hydrazine groups is 1. The van der Waals surface area contributed by atoms with Gasteiger partial charge in [0.2, 0.25) is 5.88 Å². The van der Waals surface area contributed by atoms with Crippen LogP contribution in [0.4, 0.5) is 5.82 Å². The number of pyridine rings is 2. The predicted molar refractivity (Wildman–Crippen MR) is 150 cm³/mol. The van der Waals surface area contributed by atoms with Crippen LogP contribution in [0.25, 0.3) is 11.0 Å². The first-order valence-electron chi connectivity index (χ1n) is 13.0. The van der Waals surface area contributed by atoms with E-state index in [4.69, 9.17) is 4.74 Å². The van der Waals surface area contributed by atoms with Crippen molar-refractivity contribution in [2.45, 2.75) is 72.1 Å². The maximum atomic E-state index is 12.9. The molecule has 0 atom stereocenters. The molecular weight excluding hydrogens is 476 g/mol. The lowest BCUT2D eigenvalue weighted by atomic mass is 9.63. The number of hydrogen-bond acceptors (Lipinski definition) is 6. The lowest BCUT2D eigenvalue weighted by Crippen LogP contribution is -2.33. The number of aromatic nitrogens is 4. The summed E-state index contributed by atoms with van der Waals surface area (Å²) in [6.07, 6.45) is 2.28. The molecule has 3 aromatic heterocycles. The molecule has 4 aromatic rings. The van der Waals surface area contributed by atoms with Crippen LogP contribution in [0.2, 0.25) is 0 Å². The van der Waals surface area contributed by atoms with Crippen LogP contribution in [0.15, 0.2) is 36.4 Å². The Kier molecular flexibility index (Phi) is 6.16. The van der Waals surface area contributed by atoms with Crippen molar-refractivity contribution in [2.75, 3.05) is 5.43 Å². The number of amides is 1. The molecule has 8 heteroatoms. The summed E-state index contributed by atoms with van der Waals surface area (Å²) in [6, 6.07) is 11.5. The van der Waals surface area contributed by atoms with Gasteiger partial charge >= 0.3 is 0 Å². The van der Waals surface area contributed by atoms with Gasteiger partial charge in [-0.3, -0.25) is 20.3 Å². The molecule has 38 heavy (non-hydrogen) atoms. The molecule has 0 aliphatic heterocycles. The van der Waals surface area contributed by atoms with Gasteiger partial charge in [0, 0.05) is 18.5 Å². The minimum atomic E-state index is -0.388. The Morgan fingerprint density at radius 2 is 1.63 bits per heavy atom. The number of fused-ring (bicyclic) bond motifs is 2. The molecule has 1 amide bonds. The highest BCUT2D eigenvalue weighted by Gasteiger charge is 2.37. The van der Waals surface area contributed by atoms with Crippen molar-refractivity contribution in [3.05, 3.63) is 70.0 Å². The van der Waals surface area contributed by atoms with E-state index in [-0.39, 0.29) is 22.4 Å². The lowest BCUT2D eigenvalue weighted by Gasteiger charge is -2.42. The minimum Gasteiger partial charge on any atom is -0.439 e. The van der Waals surface area contributed by atoms with E-state index in [2.05, 4.69) is 72.7 Å². The molecule has 0 fully saturated rings. The number of nitrogens with zero attached hydrogens (tertiary/aromatic N) is 4. The fourth-order valence-corrected chi connectivity index (χ4v) is 5.43. The molecule has 1 aliphatic rings. The van der Waals surface area contributed by atoms with Gasteiger partial charge in [-0.15, -0.1) is 0 Å². The van der Waals surface area contributed by atoms with Crippen molar-refractivity contribution in [3.63, 3.8) is 0 Å². The maximum absolute atomic E-state index is 12.9. The van der Waals surface area contributed by atoms with Crippen LogP contribution < -0.4 is 15.6 Å². The van der Waals surface area contributed by atoms with E-state index in [1.807, 2.05) is 27.0 Å². The van der Waals surface area contributed by atoms with Crippen molar-refractivity contribution < 1.29 is 9.53 Å². The third-order valence-electron chi connectivity index (χ3n) is 7.79. The van der Waals surface area contributed by atoms with E-state index < -0.39 is 0 Å². The fraction of sp³-hybridized carbons (Fsp3) is 0.400. The van der Waals surface area contributed by atoms with Gasteiger partial charge in [0.1, 0.15) is 17.3 Å². The molecule has 0 bridgehead atoms. The van der Waals surface area contributed by atoms with Crippen LogP contribution >= 0.6 is 0 Å². The van der Waals surface area contributed by atoms with Crippen LogP contribution in [-0.2, 0) is 17.9 Å². The van der Waals surface area contributed by atoms with Crippen molar-refractivity contribution >= 4 is 22.8 Å². The van der Waals surface area contributed by atoms with Crippen molar-refractivity contribution in [2.24, 2.45) is 7.05 Å². The van der Waals surface area contributed by atoms with Gasteiger partial charge in [-0.05, 0) is 84.9 Å². The van der Waals surface area contributed by atoms with Crippen LogP contribution in [0, 0.1) is 20.8 Å². The highest BCUT2D eigenvalue weighted by atomic mass is 16.5. The Balaban J connectivity index is 1.35. The first-order chi connectivity index (χ1) is 17.9. The highest BCUT2D eigenvalue weighted by Crippen LogP contribution is 2.47. The normalized spacial score (nSPS) is 15.7. The number of carbonyl (C=O) groups is 1. The Hall–Kier alpha value is -3.94. The molecular formula is C30H36N6O2. The first-order valence-corrected chi connectivity index (χ1v) is 13.0. The summed E-state index contributed by atoms with van der Waals surface area (Å²) in [5.74, 6) is 1.27. The Morgan fingerprint density at radius 3 is 2.34 bits per heavy atom. The van der Waals surface area contributed by atoms with Gasteiger partial charge in [0.05, 0.1) is 5.69 Å². The van der Waals surface area contributed by atoms with E-state index in [1.54, 1.807) is 22.9 Å². The minimum absolute atomic E-state index is 0.0705. The summed E-state index contributed by atoms with van der Waals surface area (Å²) in [5, 5.41) is 5.45. The summed E-state index contributed by atoms with van der Waals surface area (Å²) >= 11 is 0. The SMILES string of the molecule is Cc1cc2c(cc1Oc1cccc(C(=O)NNc3cc(C)c4c(C)nn(C)c4n3)n1)C(C)(C)CCC2(C)C. The molecule has 0 saturated carbocycles. The van der Waals surface area contributed by atoms with Crippen molar-refractivity contribution in [1.82, 2.24) is 25.2 Å². The van der Waals surface area contributed by atoms with E-state index in [9.17, 15) is 4.79 Å². The predicted octanol–water partition coefficient (Wildman–Crippen LogP) is 6.19. The second-order valence-electron chi connectivity index (χ2n) is 11.7. The number of rotatable bonds is 5. The number of aryl methyl sites for hydroxylation is 4. The second-order valence-corrected chi connectivity index (χ2v) is 11.7. The highest BCUT2D eigenvalue weighted by molar-refractivity contribution is 5.93. The zero-order valence-electron chi connectivity index (χ0n) is 23.5. The molecule has 5 rings (SSSR count). The number of ether oxygens (including phenoxy) is 1. The molecule has 198 valence electrons. The quantitative estimate of drug-likeness (QED) is 0.310. The van der Waals surface area contributed by atoms with Gasteiger partial charge in [0.25, 0.3) is 5.91 Å². The molecule has 0 spiro atoms. The van der Waals surface area contributed by atoms with Crippen LogP contribution in [0.1, 0.15) is 79.0 Å².